The molecule has 1 amide bonds. The number of nitrogens with zero attached hydrogens (tertiary/aromatic N) is 4. The van der Waals surface area contributed by atoms with Crippen LogP contribution in [-0.2, 0) is 4.79 Å². The number of halogens is 3. The summed E-state index contributed by atoms with van der Waals surface area (Å²) in [4.78, 5) is 16.4. The zero-order chi connectivity index (χ0) is 23.0. The van der Waals surface area contributed by atoms with Gasteiger partial charge in [0.2, 0.25) is 0 Å². The molecule has 0 saturated carbocycles. The lowest BCUT2D eigenvalue weighted by atomic mass is 10.1. The van der Waals surface area contributed by atoms with Crippen molar-refractivity contribution < 1.29 is 26.8 Å². The van der Waals surface area contributed by atoms with E-state index in [1.54, 1.807) is 18.4 Å². The minimum Gasteiger partial charge on any atom is -0.467 e. The highest BCUT2D eigenvalue weighted by Gasteiger charge is 2.37. The fourth-order valence-electron chi connectivity index (χ4n) is 4.34. The van der Waals surface area contributed by atoms with Crippen LogP contribution in [0.2, 0.25) is 0 Å². The molecule has 1 fully saturated rings. The molecule has 0 spiro atoms. The van der Waals surface area contributed by atoms with Crippen LogP contribution in [0.4, 0.5) is 13.2 Å². The first kappa shape index (κ1) is 21.7. The van der Waals surface area contributed by atoms with Gasteiger partial charge in [0.1, 0.15) is 23.1 Å². The van der Waals surface area contributed by atoms with Gasteiger partial charge in [0.15, 0.2) is 5.76 Å². The lowest BCUT2D eigenvalue weighted by molar-refractivity contribution is -0.150. The molecule has 1 saturated heterocycles. The van der Waals surface area contributed by atoms with Gasteiger partial charge in [0, 0.05) is 38.0 Å². The number of alkyl halides is 3. The Morgan fingerprint density at radius 2 is 1.82 bits per heavy atom. The first-order valence-electron chi connectivity index (χ1n) is 10.8. The van der Waals surface area contributed by atoms with Gasteiger partial charge in [-0.05, 0) is 24.3 Å². The van der Waals surface area contributed by atoms with Crippen molar-refractivity contribution in [1.29, 1.82) is 0 Å². The molecule has 2 aromatic heterocycles. The van der Waals surface area contributed by atoms with Crippen molar-refractivity contribution in [1.82, 2.24) is 14.8 Å². The quantitative estimate of drug-likeness (QED) is 0.578. The number of hydrazone groups is 1. The summed E-state index contributed by atoms with van der Waals surface area (Å²) >= 11 is 0. The Kier molecular flexibility index (Phi) is 5.71. The van der Waals surface area contributed by atoms with Gasteiger partial charge in [-0.2, -0.15) is 18.3 Å². The third kappa shape index (κ3) is 4.81. The number of rotatable bonds is 5. The summed E-state index contributed by atoms with van der Waals surface area (Å²) in [5, 5.41) is 6.95. The SMILES string of the molecule is O=C(CN1CCN(CC(F)(F)F)CC1)N1N=C(c2cc3ccccc3o2)CC1c1ccco1. The van der Waals surface area contributed by atoms with E-state index in [-0.39, 0.29) is 25.5 Å². The molecule has 0 bridgehead atoms. The first-order valence-corrected chi connectivity index (χ1v) is 10.8. The Hall–Kier alpha value is -3.11. The molecule has 10 heteroatoms. The van der Waals surface area contributed by atoms with Crippen LogP contribution in [0.1, 0.15) is 24.0 Å². The third-order valence-electron chi connectivity index (χ3n) is 5.97. The van der Waals surface area contributed by atoms with Crippen molar-refractivity contribution in [3.63, 3.8) is 0 Å². The molecule has 0 radical (unpaired) electrons. The maximum Gasteiger partial charge on any atom is 0.401 e. The zero-order valence-electron chi connectivity index (χ0n) is 17.8. The Balaban J connectivity index is 1.30. The van der Waals surface area contributed by atoms with Crippen molar-refractivity contribution >= 4 is 22.6 Å². The van der Waals surface area contributed by atoms with Gasteiger partial charge < -0.3 is 8.83 Å². The second-order valence-corrected chi connectivity index (χ2v) is 8.34. The van der Waals surface area contributed by atoms with Gasteiger partial charge in [-0.25, -0.2) is 5.01 Å². The molecular formula is C23H23F3N4O3. The molecule has 1 atom stereocenters. The summed E-state index contributed by atoms with van der Waals surface area (Å²) < 4.78 is 49.4. The molecule has 33 heavy (non-hydrogen) atoms. The molecule has 7 nitrogen and oxygen atoms in total. The van der Waals surface area contributed by atoms with Gasteiger partial charge in [-0.1, -0.05) is 18.2 Å². The molecule has 174 valence electrons. The van der Waals surface area contributed by atoms with E-state index in [0.717, 1.165) is 11.0 Å². The summed E-state index contributed by atoms with van der Waals surface area (Å²) in [6.07, 6.45) is -2.22. The average molecular weight is 460 g/mol. The maximum absolute atomic E-state index is 13.2. The average Bonchev–Trinajstić information content (AvgIpc) is 3.52. The van der Waals surface area contributed by atoms with E-state index in [9.17, 15) is 18.0 Å². The Morgan fingerprint density at radius 1 is 1.06 bits per heavy atom. The monoisotopic (exact) mass is 460 g/mol. The topological polar surface area (TPSA) is 65.4 Å². The van der Waals surface area contributed by atoms with Crippen LogP contribution in [0, 0.1) is 0 Å². The predicted molar refractivity (Wildman–Crippen MR) is 115 cm³/mol. The number of carbonyl (C=O) groups is 1. The van der Waals surface area contributed by atoms with Gasteiger partial charge in [0.25, 0.3) is 5.91 Å². The molecular weight excluding hydrogens is 437 g/mol. The minimum atomic E-state index is -4.22. The second-order valence-electron chi connectivity index (χ2n) is 8.34. The van der Waals surface area contributed by atoms with Crippen LogP contribution in [0.15, 0.2) is 62.7 Å². The zero-order valence-corrected chi connectivity index (χ0v) is 17.8. The molecule has 4 heterocycles. The van der Waals surface area contributed by atoms with E-state index in [4.69, 9.17) is 8.83 Å². The standard InChI is InChI=1S/C23H23F3N4O3/c24-23(25,26)15-29-9-7-28(8-10-29)14-22(31)30-18(20-6-3-11-32-20)13-17(27-30)21-12-16-4-1-2-5-19(16)33-21/h1-6,11-12,18H,7-10,13-15H2. The molecule has 2 aliphatic heterocycles. The van der Waals surface area contributed by atoms with Crippen LogP contribution >= 0.6 is 0 Å². The smallest absolute Gasteiger partial charge is 0.401 e. The van der Waals surface area contributed by atoms with Crippen molar-refractivity contribution in [3.8, 4) is 0 Å². The number of hydrogen-bond donors (Lipinski definition) is 0. The lowest BCUT2D eigenvalue weighted by Crippen LogP contribution is -2.51. The fraction of sp³-hybridized carbons (Fsp3) is 0.391. The molecule has 0 N–H and O–H groups in total. The summed E-state index contributed by atoms with van der Waals surface area (Å²) in [5.41, 5.74) is 1.39. The number of fused-ring (bicyclic) bond motifs is 1. The van der Waals surface area contributed by atoms with Crippen molar-refractivity contribution in [2.75, 3.05) is 39.3 Å². The van der Waals surface area contributed by atoms with E-state index in [1.165, 1.54) is 9.91 Å². The maximum atomic E-state index is 13.2. The first-order chi connectivity index (χ1) is 15.9. The summed E-state index contributed by atoms with van der Waals surface area (Å²) in [6.45, 7) is 0.465. The van der Waals surface area contributed by atoms with Crippen molar-refractivity contribution in [2.24, 2.45) is 5.10 Å². The highest BCUT2D eigenvalue weighted by atomic mass is 19.4. The lowest BCUT2D eigenvalue weighted by Gasteiger charge is -2.35. The van der Waals surface area contributed by atoms with Crippen LogP contribution in [0.25, 0.3) is 11.0 Å². The number of carbonyl (C=O) groups excluding carboxylic acids is 1. The van der Waals surface area contributed by atoms with Crippen molar-refractivity contribution in [2.45, 2.75) is 18.6 Å². The van der Waals surface area contributed by atoms with E-state index in [0.29, 0.717) is 36.7 Å². The van der Waals surface area contributed by atoms with Gasteiger partial charge in [0.05, 0.1) is 19.4 Å². The van der Waals surface area contributed by atoms with E-state index in [1.807, 2.05) is 35.2 Å². The highest BCUT2D eigenvalue weighted by Crippen LogP contribution is 2.34. The fourth-order valence-corrected chi connectivity index (χ4v) is 4.34. The Labute approximate surface area is 188 Å². The minimum absolute atomic E-state index is 0.0774. The van der Waals surface area contributed by atoms with E-state index < -0.39 is 18.8 Å². The van der Waals surface area contributed by atoms with Crippen LogP contribution in [0.5, 0.6) is 0 Å². The summed E-state index contributed by atoms with van der Waals surface area (Å²) in [7, 11) is 0. The molecule has 5 rings (SSSR count). The highest BCUT2D eigenvalue weighted by molar-refractivity contribution is 6.03. The molecule has 1 unspecified atom stereocenters. The van der Waals surface area contributed by atoms with E-state index in [2.05, 4.69) is 5.10 Å². The third-order valence-corrected chi connectivity index (χ3v) is 5.97. The van der Waals surface area contributed by atoms with Gasteiger partial charge in [-0.15, -0.1) is 0 Å². The molecule has 1 aromatic carbocycles. The number of benzene rings is 1. The number of furan rings is 2. The van der Waals surface area contributed by atoms with Crippen molar-refractivity contribution in [3.05, 3.63) is 60.2 Å². The largest absolute Gasteiger partial charge is 0.467 e. The van der Waals surface area contributed by atoms with Crippen LogP contribution < -0.4 is 0 Å². The normalized spacial score (nSPS) is 20.5. The molecule has 2 aliphatic rings. The number of para-hydroxylation sites is 1. The van der Waals surface area contributed by atoms with Gasteiger partial charge >= 0.3 is 6.18 Å². The number of hydrogen-bond acceptors (Lipinski definition) is 6. The van der Waals surface area contributed by atoms with Crippen LogP contribution in [-0.4, -0.2) is 71.9 Å². The number of piperazine rings is 1. The summed E-state index contributed by atoms with van der Waals surface area (Å²) in [6, 6.07) is 12.7. The van der Waals surface area contributed by atoms with Crippen LogP contribution in [0.3, 0.4) is 0 Å². The predicted octanol–water partition coefficient (Wildman–Crippen LogP) is 3.88. The number of amides is 1. The van der Waals surface area contributed by atoms with Gasteiger partial charge in [-0.3, -0.25) is 14.6 Å². The van der Waals surface area contributed by atoms with E-state index >= 15 is 0 Å². The Morgan fingerprint density at radius 3 is 2.52 bits per heavy atom. The Bertz CT molecular complexity index is 1110. The second kappa shape index (κ2) is 8.68. The molecule has 0 aliphatic carbocycles. The molecule has 3 aromatic rings. The summed E-state index contributed by atoms with van der Waals surface area (Å²) in [5.74, 6) is 0.990.